The lowest BCUT2D eigenvalue weighted by atomic mass is 10.0. The summed E-state index contributed by atoms with van der Waals surface area (Å²) in [6.45, 7) is 10.3. The molecule has 1 aliphatic heterocycles. The number of rotatable bonds is 2. The molecule has 0 saturated carbocycles. The van der Waals surface area contributed by atoms with Gasteiger partial charge in [0.1, 0.15) is 0 Å². The normalized spacial score (nSPS) is 17.1. The van der Waals surface area contributed by atoms with Crippen LogP contribution in [0.4, 0.5) is 0 Å². The average molecular weight is 299 g/mol. The first-order chi connectivity index (χ1) is 10.4. The molecule has 1 fully saturated rings. The number of hydrogen-bond donors (Lipinski definition) is 1. The van der Waals surface area contributed by atoms with Crippen molar-refractivity contribution in [1.29, 1.82) is 0 Å². The van der Waals surface area contributed by atoms with E-state index < -0.39 is 0 Å². The monoisotopic (exact) mass is 299 g/mol. The highest BCUT2D eigenvalue weighted by molar-refractivity contribution is 5.88. The van der Waals surface area contributed by atoms with E-state index in [-0.39, 0.29) is 11.4 Å². The molecule has 118 valence electrons. The number of hydrogen-bond acceptors (Lipinski definition) is 2. The molecule has 1 saturated heterocycles. The summed E-state index contributed by atoms with van der Waals surface area (Å²) in [6, 6.07) is 8.15. The maximum absolute atomic E-state index is 12.6. The summed E-state index contributed by atoms with van der Waals surface area (Å²) in [7, 11) is 0. The molecular weight excluding hydrogens is 274 g/mol. The number of benzene rings is 1. The van der Waals surface area contributed by atoms with Gasteiger partial charge < -0.3 is 9.88 Å². The Balaban J connectivity index is 1.64. The Morgan fingerprint density at radius 3 is 2.50 bits per heavy atom. The van der Waals surface area contributed by atoms with Crippen molar-refractivity contribution in [1.82, 2.24) is 14.8 Å². The minimum Gasteiger partial charge on any atom is -0.361 e. The molecule has 1 aliphatic rings. The number of nitrogens with zero attached hydrogens (tertiary/aromatic N) is 2. The van der Waals surface area contributed by atoms with Gasteiger partial charge in [-0.15, -0.1) is 0 Å². The maximum atomic E-state index is 12.6. The topological polar surface area (TPSA) is 39.3 Å². The zero-order valence-electron chi connectivity index (χ0n) is 13.7. The van der Waals surface area contributed by atoms with Crippen molar-refractivity contribution in [3.8, 4) is 0 Å². The fraction of sp³-hybridized carbons (Fsp3) is 0.500. The van der Waals surface area contributed by atoms with Crippen molar-refractivity contribution in [3.05, 3.63) is 36.0 Å². The summed E-state index contributed by atoms with van der Waals surface area (Å²) >= 11 is 0. The van der Waals surface area contributed by atoms with E-state index >= 15 is 0 Å². The number of para-hydroxylation sites is 1. The van der Waals surface area contributed by atoms with Crippen LogP contribution in [0.2, 0.25) is 0 Å². The molecule has 1 aromatic heterocycles. The molecule has 2 heterocycles. The van der Waals surface area contributed by atoms with E-state index in [1.54, 1.807) is 0 Å². The smallest absolute Gasteiger partial charge is 0.227 e. The van der Waals surface area contributed by atoms with Gasteiger partial charge in [0.15, 0.2) is 0 Å². The van der Waals surface area contributed by atoms with E-state index in [0.29, 0.717) is 6.42 Å². The van der Waals surface area contributed by atoms with Crippen LogP contribution in [0.5, 0.6) is 0 Å². The zero-order chi connectivity index (χ0) is 15.7. The summed E-state index contributed by atoms with van der Waals surface area (Å²) in [5.74, 6) is 0.235. The fourth-order valence-electron chi connectivity index (χ4n) is 3.18. The van der Waals surface area contributed by atoms with Crippen molar-refractivity contribution in [3.63, 3.8) is 0 Å². The van der Waals surface area contributed by atoms with Gasteiger partial charge in [-0.05, 0) is 32.4 Å². The summed E-state index contributed by atoms with van der Waals surface area (Å²) < 4.78 is 0. The van der Waals surface area contributed by atoms with E-state index in [1.807, 2.05) is 29.3 Å². The highest BCUT2D eigenvalue weighted by Crippen LogP contribution is 2.20. The number of fused-ring (bicyclic) bond motifs is 1. The molecule has 0 spiro atoms. The van der Waals surface area contributed by atoms with Gasteiger partial charge in [-0.3, -0.25) is 9.69 Å². The highest BCUT2D eigenvalue weighted by atomic mass is 16.2. The second kappa shape index (κ2) is 5.76. The fourth-order valence-corrected chi connectivity index (χ4v) is 3.18. The Morgan fingerprint density at radius 2 is 1.82 bits per heavy atom. The summed E-state index contributed by atoms with van der Waals surface area (Å²) in [6.07, 6.45) is 2.45. The third kappa shape index (κ3) is 3.02. The second-order valence-corrected chi connectivity index (χ2v) is 7.07. The van der Waals surface area contributed by atoms with Gasteiger partial charge in [-0.1, -0.05) is 18.2 Å². The number of carbonyl (C=O) groups excluding carboxylic acids is 1. The van der Waals surface area contributed by atoms with Gasteiger partial charge >= 0.3 is 0 Å². The molecule has 2 aromatic rings. The van der Waals surface area contributed by atoms with Gasteiger partial charge in [-0.25, -0.2) is 0 Å². The van der Waals surface area contributed by atoms with Gasteiger partial charge in [0.25, 0.3) is 0 Å². The molecule has 0 unspecified atom stereocenters. The quantitative estimate of drug-likeness (QED) is 0.926. The van der Waals surface area contributed by atoms with Gasteiger partial charge in [0.05, 0.1) is 6.42 Å². The Bertz CT molecular complexity index is 660. The van der Waals surface area contributed by atoms with Crippen molar-refractivity contribution in [2.24, 2.45) is 0 Å². The van der Waals surface area contributed by atoms with E-state index in [2.05, 4.69) is 36.7 Å². The second-order valence-electron chi connectivity index (χ2n) is 7.07. The molecule has 0 aliphatic carbocycles. The zero-order valence-corrected chi connectivity index (χ0v) is 13.7. The molecule has 4 heteroatoms. The van der Waals surface area contributed by atoms with E-state index in [1.165, 1.54) is 0 Å². The lowest BCUT2D eigenvalue weighted by molar-refractivity contribution is -0.133. The Kier molecular flexibility index (Phi) is 3.96. The van der Waals surface area contributed by atoms with Crippen LogP contribution in [0.25, 0.3) is 10.9 Å². The van der Waals surface area contributed by atoms with Gasteiger partial charge in [-0.2, -0.15) is 0 Å². The van der Waals surface area contributed by atoms with Crippen molar-refractivity contribution < 1.29 is 4.79 Å². The van der Waals surface area contributed by atoms with Crippen molar-refractivity contribution >= 4 is 16.8 Å². The predicted molar refractivity (Wildman–Crippen MR) is 89.9 cm³/mol. The summed E-state index contributed by atoms with van der Waals surface area (Å²) in [5.41, 5.74) is 2.38. The molecule has 0 atom stereocenters. The number of amides is 1. The first-order valence-corrected chi connectivity index (χ1v) is 8.03. The summed E-state index contributed by atoms with van der Waals surface area (Å²) in [5, 5.41) is 1.16. The Hall–Kier alpha value is -1.81. The molecule has 22 heavy (non-hydrogen) atoms. The molecule has 4 nitrogen and oxygen atoms in total. The Labute approximate surface area is 132 Å². The lowest BCUT2D eigenvalue weighted by Gasteiger charge is -2.42. The minimum absolute atomic E-state index is 0.186. The van der Waals surface area contributed by atoms with Crippen LogP contribution in [-0.4, -0.2) is 52.4 Å². The standard InChI is InChI=1S/C18H25N3O/c1-18(2,3)21-10-8-20(9-11-21)17(22)12-14-13-19-16-7-5-4-6-15(14)16/h4-7,13,19H,8-12H2,1-3H3. The van der Waals surface area contributed by atoms with Crippen LogP contribution in [-0.2, 0) is 11.2 Å². The first-order valence-electron chi connectivity index (χ1n) is 8.03. The van der Waals surface area contributed by atoms with Crippen molar-refractivity contribution in [2.45, 2.75) is 32.7 Å². The highest BCUT2D eigenvalue weighted by Gasteiger charge is 2.27. The number of aromatic nitrogens is 1. The van der Waals surface area contributed by atoms with Gasteiger partial charge in [0, 0.05) is 48.8 Å². The van der Waals surface area contributed by atoms with Crippen LogP contribution in [0, 0.1) is 0 Å². The number of H-pyrrole nitrogens is 1. The summed E-state index contributed by atoms with van der Waals surface area (Å²) in [4.78, 5) is 20.3. The van der Waals surface area contributed by atoms with Crippen LogP contribution >= 0.6 is 0 Å². The molecule has 1 amide bonds. The SMILES string of the molecule is CC(C)(C)N1CCN(C(=O)Cc2c[nH]c3ccccc23)CC1. The van der Waals surface area contributed by atoms with Gasteiger partial charge in [0.2, 0.25) is 5.91 Å². The van der Waals surface area contributed by atoms with E-state index in [0.717, 1.165) is 42.6 Å². The molecule has 3 rings (SSSR count). The molecule has 1 N–H and O–H groups in total. The third-order valence-electron chi connectivity index (χ3n) is 4.60. The van der Waals surface area contributed by atoms with Crippen LogP contribution < -0.4 is 0 Å². The number of nitrogens with one attached hydrogen (secondary N) is 1. The third-order valence-corrected chi connectivity index (χ3v) is 4.60. The number of carbonyl (C=O) groups is 1. The molecule has 1 aromatic carbocycles. The van der Waals surface area contributed by atoms with Crippen LogP contribution in [0.3, 0.4) is 0 Å². The number of piperazine rings is 1. The largest absolute Gasteiger partial charge is 0.361 e. The first kappa shape index (κ1) is 15.1. The molecule has 0 radical (unpaired) electrons. The predicted octanol–water partition coefficient (Wildman–Crippen LogP) is 2.65. The van der Waals surface area contributed by atoms with Crippen LogP contribution in [0.1, 0.15) is 26.3 Å². The minimum atomic E-state index is 0.186. The average Bonchev–Trinajstić information content (AvgIpc) is 2.90. The van der Waals surface area contributed by atoms with Crippen molar-refractivity contribution in [2.75, 3.05) is 26.2 Å². The van der Waals surface area contributed by atoms with Crippen LogP contribution in [0.15, 0.2) is 30.5 Å². The lowest BCUT2D eigenvalue weighted by Crippen LogP contribution is -2.54. The van der Waals surface area contributed by atoms with E-state index in [4.69, 9.17) is 0 Å². The maximum Gasteiger partial charge on any atom is 0.227 e. The molecular formula is C18H25N3O. The number of aromatic amines is 1. The molecule has 0 bridgehead atoms. The Morgan fingerprint density at radius 1 is 1.14 bits per heavy atom. The van der Waals surface area contributed by atoms with E-state index in [9.17, 15) is 4.79 Å².